The number of nitrogens with zero attached hydrogens (tertiary/aromatic N) is 2. The van der Waals surface area contributed by atoms with Crippen LogP contribution in [0.4, 0.5) is 0 Å². The maximum atomic E-state index is 12.4. The number of amides is 1. The van der Waals surface area contributed by atoms with Gasteiger partial charge in [-0.3, -0.25) is 9.69 Å². The summed E-state index contributed by atoms with van der Waals surface area (Å²) < 4.78 is 1.06. The summed E-state index contributed by atoms with van der Waals surface area (Å²) in [6.45, 7) is 5.55. The Morgan fingerprint density at radius 3 is 2.67 bits per heavy atom. The van der Waals surface area contributed by atoms with Gasteiger partial charge in [0.05, 0.1) is 6.54 Å². The molecule has 1 N–H and O–H groups in total. The molecule has 0 radical (unpaired) electrons. The van der Waals surface area contributed by atoms with E-state index in [0.717, 1.165) is 48.1 Å². The van der Waals surface area contributed by atoms with Crippen molar-refractivity contribution in [3.63, 3.8) is 0 Å². The van der Waals surface area contributed by atoms with E-state index in [4.69, 9.17) is 0 Å². The Kier molecular flexibility index (Phi) is 4.62. The lowest BCUT2D eigenvalue weighted by Gasteiger charge is -2.22. The Labute approximate surface area is 134 Å². The van der Waals surface area contributed by atoms with E-state index in [9.17, 15) is 4.79 Å². The third-order valence-electron chi connectivity index (χ3n) is 4.62. The molecule has 0 aliphatic carbocycles. The van der Waals surface area contributed by atoms with Crippen molar-refractivity contribution in [2.24, 2.45) is 11.8 Å². The first-order valence-electron chi connectivity index (χ1n) is 7.54. The van der Waals surface area contributed by atoms with Gasteiger partial charge in [-0.2, -0.15) is 0 Å². The van der Waals surface area contributed by atoms with Crippen LogP contribution in [0.2, 0.25) is 0 Å². The summed E-state index contributed by atoms with van der Waals surface area (Å²) in [4.78, 5) is 16.5. The van der Waals surface area contributed by atoms with E-state index in [-0.39, 0.29) is 5.91 Å². The Hall–Kier alpha value is -0.910. The number of carbonyl (C=O) groups excluding carboxylic acids is 1. The zero-order valence-electron chi connectivity index (χ0n) is 12.4. The lowest BCUT2D eigenvalue weighted by atomic mass is 10.0. The molecule has 0 bridgehead atoms. The molecule has 0 saturated carbocycles. The first-order valence-corrected chi connectivity index (χ1v) is 8.33. The fourth-order valence-corrected chi connectivity index (χ4v) is 3.77. The zero-order chi connectivity index (χ0) is 14.8. The summed E-state index contributed by atoms with van der Waals surface area (Å²) in [7, 11) is 1.89. The Balaban J connectivity index is 1.52. The quantitative estimate of drug-likeness (QED) is 0.893. The molecule has 3 rings (SSSR count). The van der Waals surface area contributed by atoms with Crippen LogP contribution in [0.3, 0.4) is 0 Å². The van der Waals surface area contributed by atoms with Crippen LogP contribution in [0.15, 0.2) is 28.7 Å². The standard InChI is InChI=1S/C16H22BrN3O/c1-19(8-12-4-2-3-5-15(12)17)16(21)11-20-9-13-6-18-7-14(13)10-20/h2-5,13-14,18H,6-11H2,1H3. The lowest BCUT2D eigenvalue weighted by Crippen LogP contribution is -2.38. The molecule has 2 aliphatic heterocycles. The van der Waals surface area contributed by atoms with Crippen LogP contribution < -0.4 is 5.32 Å². The van der Waals surface area contributed by atoms with Gasteiger partial charge in [0, 0.05) is 31.2 Å². The molecule has 2 atom stereocenters. The molecular weight excluding hydrogens is 330 g/mol. The van der Waals surface area contributed by atoms with E-state index in [2.05, 4.69) is 32.2 Å². The van der Waals surface area contributed by atoms with Gasteiger partial charge < -0.3 is 10.2 Å². The molecule has 1 aromatic rings. The molecule has 1 aromatic carbocycles. The molecule has 2 fully saturated rings. The highest BCUT2D eigenvalue weighted by atomic mass is 79.9. The highest BCUT2D eigenvalue weighted by Crippen LogP contribution is 2.26. The SMILES string of the molecule is CN(Cc1ccccc1Br)C(=O)CN1CC2CNCC2C1. The van der Waals surface area contributed by atoms with Crippen molar-refractivity contribution in [3.8, 4) is 0 Å². The van der Waals surface area contributed by atoms with Crippen LogP contribution in [0.1, 0.15) is 5.56 Å². The summed E-state index contributed by atoms with van der Waals surface area (Å²) in [5.41, 5.74) is 1.15. The minimum atomic E-state index is 0.207. The number of halogens is 1. The van der Waals surface area contributed by atoms with Gasteiger partial charge in [-0.15, -0.1) is 0 Å². The summed E-state index contributed by atoms with van der Waals surface area (Å²) in [6, 6.07) is 8.07. The molecule has 2 heterocycles. The fraction of sp³-hybridized carbons (Fsp3) is 0.562. The summed E-state index contributed by atoms with van der Waals surface area (Å²) >= 11 is 3.54. The monoisotopic (exact) mass is 351 g/mol. The topological polar surface area (TPSA) is 35.6 Å². The van der Waals surface area contributed by atoms with E-state index >= 15 is 0 Å². The normalized spacial score (nSPS) is 25.0. The van der Waals surface area contributed by atoms with Gasteiger partial charge in [-0.1, -0.05) is 34.1 Å². The van der Waals surface area contributed by atoms with Gasteiger partial charge in [0.25, 0.3) is 0 Å². The van der Waals surface area contributed by atoms with Gasteiger partial charge in [0.2, 0.25) is 5.91 Å². The van der Waals surface area contributed by atoms with Crippen molar-refractivity contribution in [1.82, 2.24) is 15.1 Å². The van der Waals surface area contributed by atoms with Gasteiger partial charge in [-0.05, 0) is 36.6 Å². The summed E-state index contributed by atoms with van der Waals surface area (Å²) in [5, 5.41) is 3.43. The number of hydrogen-bond donors (Lipinski definition) is 1. The summed E-state index contributed by atoms with van der Waals surface area (Å²) in [5.74, 6) is 1.69. The highest BCUT2D eigenvalue weighted by Gasteiger charge is 2.36. The van der Waals surface area contributed by atoms with E-state index in [1.54, 1.807) is 0 Å². The molecule has 0 aromatic heterocycles. The number of likely N-dealkylation sites (tertiary alicyclic amines) is 1. The predicted octanol–water partition coefficient (Wildman–Crippen LogP) is 1.56. The summed E-state index contributed by atoms with van der Waals surface area (Å²) in [6.07, 6.45) is 0. The van der Waals surface area contributed by atoms with Crippen LogP contribution in [0.25, 0.3) is 0 Å². The fourth-order valence-electron chi connectivity index (χ4n) is 3.36. The maximum absolute atomic E-state index is 12.4. The lowest BCUT2D eigenvalue weighted by molar-refractivity contribution is -0.131. The molecule has 2 saturated heterocycles. The molecule has 21 heavy (non-hydrogen) atoms. The molecular formula is C16H22BrN3O. The van der Waals surface area contributed by atoms with Crippen LogP contribution >= 0.6 is 15.9 Å². The van der Waals surface area contributed by atoms with E-state index in [1.165, 1.54) is 0 Å². The van der Waals surface area contributed by atoms with Gasteiger partial charge >= 0.3 is 0 Å². The second-order valence-corrected chi connectivity index (χ2v) is 7.07. The van der Waals surface area contributed by atoms with Crippen molar-refractivity contribution >= 4 is 21.8 Å². The Morgan fingerprint density at radius 1 is 1.33 bits per heavy atom. The van der Waals surface area contributed by atoms with Crippen molar-refractivity contribution < 1.29 is 4.79 Å². The molecule has 4 nitrogen and oxygen atoms in total. The van der Waals surface area contributed by atoms with Gasteiger partial charge in [-0.25, -0.2) is 0 Å². The average Bonchev–Trinajstić information content (AvgIpc) is 3.02. The van der Waals surface area contributed by atoms with Crippen molar-refractivity contribution in [1.29, 1.82) is 0 Å². The molecule has 2 aliphatic rings. The van der Waals surface area contributed by atoms with Crippen molar-refractivity contribution in [2.45, 2.75) is 6.54 Å². The number of nitrogens with one attached hydrogen (secondary N) is 1. The third kappa shape index (κ3) is 3.47. The maximum Gasteiger partial charge on any atom is 0.236 e. The van der Waals surface area contributed by atoms with Gasteiger partial charge in [0.1, 0.15) is 0 Å². The van der Waals surface area contributed by atoms with Crippen molar-refractivity contribution in [3.05, 3.63) is 34.3 Å². The van der Waals surface area contributed by atoms with E-state index in [0.29, 0.717) is 13.1 Å². The first-order chi connectivity index (χ1) is 10.1. The van der Waals surface area contributed by atoms with Crippen LogP contribution in [-0.2, 0) is 11.3 Å². The van der Waals surface area contributed by atoms with Crippen LogP contribution in [0.5, 0.6) is 0 Å². The average molecular weight is 352 g/mol. The van der Waals surface area contributed by atoms with Gasteiger partial charge in [0.15, 0.2) is 0 Å². The first kappa shape index (κ1) is 15.0. The van der Waals surface area contributed by atoms with E-state index in [1.807, 2.05) is 30.1 Å². The minimum absolute atomic E-state index is 0.207. The number of rotatable bonds is 4. The third-order valence-corrected chi connectivity index (χ3v) is 5.39. The smallest absolute Gasteiger partial charge is 0.236 e. The minimum Gasteiger partial charge on any atom is -0.340 e. The second kappa shape index (κ2) is 6.46. The molecule has 5 heteroatoms. The highest BCUT2D eigenvalue weighted by molar-refractivity contribution is 9.10. The van der Waals surface area contributed by atoms with Crippen molar-refractivity contribution in [2.75, 3.05) is 39.8 Å². The number of fused-ring (bicyclic) bond motifs is 1. The van der Waals surface area contributed by atoms with Crippen LogP contribution in [-0.4, -0.2) is 55.5 Å². The zero-order valence-corrected chi connectivity index (χ0v) is 14.0. The molecule has 0 spiro atoms. The molecule has 2 unspecified atom stereocenters. The largest absolute Gasteiger partial charge is 0.340 e. The Bertz CT molecular complexity index is 510. The second-order valence-electron chi connectivity index (χ2n) is 6.21. The Morgan fingerprint density at radius 2 is 2.00 bits per heavy atom. The van der Waals surface area contributed by atoms with Crippen LogP contribution in [0, 0.1) is 11.8 Å². The molecule has 1 amide bonds. The predicted molar refractivity (Wildman–Crippen MR) is 86.9 cm³/mol. The number of benzene rings is 1. The molecule has 114 valence electrons. The number of likely N-dealkylation sites (N-methyl/N-ethyl adjacent to an activating group) is 1. The number of hydrogen-bond acceptors (Lipinski definition) is 3. The number of carbonyl (C=O) groups is 1. The van der Waals surface area contributed by atoms with E-state index < -0.39 is 0 Å².